The quantitative estimate of drug-likeness (QED) is 0.719. The highest BCUT2D eigenvalue weighted by Gasteiger charge is 2.09. The van der Waals surface area contributed by atoms with Crippen LogP contribution in [0.1, 0.15) is 11.1 Å². The maximum atomic E-state index is 5.83. The summed E-state index contributed by atoms with van der Waals surface area (Å²) in [5.74, 6) is 0. The Labute approximate surface area is 128 Å². The number of hydrogen-bond acceptors (Lipinski definition) is 3. The van der Waals surface area contributed by atoms with E-state index in [1.165, 1.54) is 0 Å². The Bertz CT molecular complexity index is 822. The normalized spacial score (nSPS) is 10.5. The number of aryl methyl sites for hydroxylation is 1. The van der Waals surface area contributed by atoms with Gasteiger partial charge in [-0.25, -0.2) is 0 Å². The molecule has 0 spiro atoms. The van der Waals surface area contributed by atoms with Crippen LogP contribution in [0.15, 0.2) is 54.9 Å². The number of hydrogen-bond donors (Lipinski definition) is 2. The lowest BCUT2D eigenvalue weighted by Gasteiger charge is -2.15. The zero-order valence-electron chi connectivity index (χ0n) is 11.6. The molecule has 3 rings (SSSR count). The van der Waals surface area contributed by atoms with E-state index in [1.807, 2.05) is 55.6 Å². The van der Waals surface area contributed by atoms with Crippen molar-refractivity contribution >= 4 is 39.4 Å². The molecular formula is C17H15N3S. The molecule has 0 unspecified atom stereocenters. The van der Waals surface area contributed by atoms with Gasteiger partial charge in [0.2, 0.25) is 0 Å². The first kappa shape index (κ1) is 13.5. The fraction of sp³-hybridized carbons (Fsp3) is 0.0588. The standard InChI is InChI=1S/C17H15N3S/c1-11-4-2-6-14(17(18)21)16(11)20-15-7-3-5-12-10-19-9-8-13(12)15/h2-10,20H,1H3,(H2,18,21). The number of fused-ring (bicyclic) bond motifs is 1. The predicted octanol–water partition coefficient (Wildman–Crippen LogP) is 3.92. The zero-order valence-corrected chi connectivity index (χ0v) is 12.4. The van der Waals surface area contributed by atoms with Crippen LogP contribution in [0, 0.1) is 6.92 Å². The Hall–Kier alpha value is -2.46. The van der Waals surface area contributed by atoms with Crippen LogP contribution in [0.25, 0.3) is 10.8 Å². The third-order valence-corrected chi connectivity index (χ3v) is 3.70. The van der Waals surface area contributed by atoms with Crippen LogP contribution in [-0.4, -0.2) is 9.97 Å². The third kappa shape index (κ3) is 2.58. The van der Waals surface area contributed by atoms with E-state index in [-0.39, 0.29) is 0 Å². The van der Waals surface area contributed by atoms with Crippen LogP contribution in [0.5, 0.6) is 0 Å². The average Bonchev–Trinajstić information content (AvgIpc) is 2.49. The number of nitrogens with one attached hydrogen (secondary N) is 1. The lowest BCUT2D eigenvalue weighted by atomic mass is 10.1. The highest BCUT2D eigenvalue weighted by molar-refractivity contribution is 7.80. The van der Waals surface area contributed by atoms with Crippen molar-refractivity contribution < 1.29 is 0 Å². The molecule has 3 aromatic rings. The average molecular weight is 293 g/mol. The minimum absolute atomic E-state index is 0.392. The molecule has 0 aliphatic carbocycles. The van der Waals surface area contributed by atoms with Gasteiger partial charge in [-0.15, -0.1) is 0 Å². The lowest BCUT2D eigenvalue weighted by Crippen LogP contribution is -2.12. The molecule has 0 saturated carbocycles. The predicted molar refractivity (Wildman–Crippen MR) is 92.1 cm³/mol. The maximum absolute atomic E-state index is 5.83. The molecule has 0 saturated heterocycles. The molecule has 0 aliphatic heterocycles. The molecule has 104 valence electrons. The molecular weight excluding hydrogens is 278 g/mol. The molecule has 21 heavy (non-hydrogen) atoms. The van der Waals surface area contributed by atoms with Gasteiger partial charge in [0.25, 0.3) is 0 Å². The van der Waals surface area contributed by atoms with Gasteiger partial charge >= 0.3 is 0 Å². The van der Waals surface area contributed by atoms with Gasteiger partial charge in [-0.05, 0) is 30.7 Å². The molecule has 3 nitrogen and oxygen atoms in total. The van der Waals surface area contributed by atoms with Crippen molar-refractivity contribution in [2.75, 3.05) is 5.32 Å². The molecule has 1 aromatic heterocycles. The molecule has 4 heteroatoms. The van der Waals surface area contributed by atoms with Crippen molar-refractivity contribution in [1.29, 1.82) is 0 Å². The Kier molecular flexibility index (Phi) is 3.54. The molecule has 0 radical (unpaired) electrons. The molecule has 0 aliphatic rings. The highest BCUT2D eigenvalue weighted by atomic mass is 32.1. The lowest BCUT2D eigenvalue weighted by molar-refractivity contribution is 1.36. The maximum Gasteiger partial charge on any atom is 0.106 e. The smallest absolute Gasteiger partial charge is 0.106 e. The number of benzene rings is 2. The van der Waals surface area contributed by atoms with Crippen LogP contribution in [-0.2, 0) is 0 Å². The van der Waals surface area contributed by atoms with Crippen molar-refractivity contribution in [2.45, 2.75) is 6.92 Å². The monoisotopic (exact) mass is 293 g/mol. The second-order valence-corrected chi connectivity index (χ2v) is 5.33. The first-order valence-electron chi connectivity index (χ1n) is 6.66. The topological polar surface area (TPSA) is 50.9 Å². The van der Waals surface area contributed by atoms with Crippen molar-refractivity contribution in [2.24, 2.45) is 5.73 Å². The van der Waals surface area contributed by atoms with Crippen LogP contribution in [0.4, 0.5) is 11.4 Å². The SMILES string of the molecule is Cc1cccc(C(N)=S)c1Nc1cccc2cnccc12. The van der Waals surface area contributed by atoms with Gasteiger partial charge in [-0.3, -0.25) is 4.98 Å². The van der Waals surface area contributed by atoms with Crippen molar-refractivity contribution in [3.8, 4) is 0 Å². The summed E-state index contributed by atoms with van der Waals surface area (Å²) in [6.45, 7) is 2.04. The van der Waals surface area contributed by atoms with Gasteiger partial charge in [-0.1, -0.05) is 36.5 Å². The summed E-state index contributed by atoms with van der Waals surface area (Å²) in [5.41, 5.74) is 9.76. The number of rotatable bonds is 3. The summed E-state index contributed by atoms with van der Waals surface area (Å²) in [5, 5.41) is 5.68. The largest absolute Gasteiger partial charge is 0.389 e. The number of anilines is 2. The summed E-state index contributed by atoms with van der Waals surface area (Å²) < 4.78 is 0. The minimum Gasteiger partial charge on any atom is -0.389 e. The summed E-state index contributed by atoms with van der Waals surface area (Å²) in [6.07, 6.45) is 3.65. The number of aromatic nitrogens is 1. The van der Waals surface area contributed by atoms with Crippen LogP contribution in [0.2, 0.25) is 0 Å². The number of nitrogens with zero attached hydrogens (tertiary/aromatic N) is 1. The van der Waals surface area contributed by atoms with E-state index >= 15 is 0 Å². The minimum atomic E-state index is 0.392. The molecule has 0 amide bonds. The molecule has 1 heterocycles. The van der Waals surface area contributed by atoms with E-state index in [2.05, 4.69) is 10.3 Å². The van der Waals surface area contributed by atoms with E-state index in [0.29, 0.717) is 4.99 Å². The molecule has 2 aromatic carbocycles. The van der Waals surface area contributed by atoms with E-state index in [9.17, 15) is 0 Å². The van der Waals surface area contributed by atoms with Crippen LogP contribution >= 0.6 is 12.2 Å². The Morgan fingerprint density at radius 1 is 1.14 bits per heavy atom. The Balaban J connectivity index is 2.13. The van der Waals surface area contributed by atoms with Crippen molar-refractivity contribution in [3.63, 3.8) is 0 Å². The van der Waals surface area contributed by atoms with E-state index in [0.717, 1.165) is 33.3 Å². The fourth-order valence-corrected chi connectivity index (χ4v) is 2.58. The summed E-state index contributed by atoms with van der Waals surface area (Å²) in [7, 11) is 0. The molecule has 0 fully saturated rings. The van der Waals surface area contributed by atoms with E-state index in [4.69, 9.17) is 18.0 Å². The third-order valence-electron chi connectivity index (χ3n) is 3.48. The first-order chi connectivity index (χ1) is 10.2. The van der Waals surface area contributed by atoms with Gasteiger partial charge in [0, 0.05) is 34.4 Å². The number of nitrogens with two attached hydrogens (primary N) is 1. The van der Waals surface area contributed by atoms with Crippen molar-refractivity contribution in [1.82, 2.24) is 4.98 Å². The Morgan fingerprint density at radius 2 is 1.95 bits per heavy atom. The van der Waals surface area contributed by atoms with Gasteiger partial charge in [-0.2, -0.15) is 0 Å². The second-order valence-electron chi connectivity index (χ2n) is 4.89. The number of thiocarbonyl (C=S) groups is 1. The second kappa shape index (κ2) is 5.50. The molecule has 0 atom stereocenters. The number of para-hydroxylation sites is 1. The van der Waals surface area contributed by atoms with Crippen LogP contribution < -0.4 is 11.1 Å². The van der Waals surface area contributed by atoms with Crippen molar-refractivity contribution in [3.05, 3.63) is 66.0 Å². The fourth-order valence-electron chi connectivity index (χ4n) is 2.41. The van der Waals surface area contributed by atoms with E-state index in [1.54, 1.807) is 6.20 Å². The molecule has 0 bridgehead atoms. The molecule has 3 N–H and O–H groups in total. The highest BCUT2D eigenvalue weighted by Crippen LogP contribution is 2.29. The van der Waals surface area contributed by atoms with Gasteiger partial charge in [0.15, 0.2) is 0 Å². The van der Waals surface area contributed by atoms with E-state index < -0.39 is 0 Å². The van der Waals surface area contributed by atoms with Gasteiger partial charge in [0.1, 0.15) is 4.99 Å². The Morgan fingerprint density at radius 3 is 2.76 bits per heavy atom. The van der Waals surface area contributed by atoms with Gasteiger partial charge < -0.3 is 11.1 Å². The zero-order chi connectivity index (χ0) is 14.8. The summed E-state index contributed by atoms with van der Waals surface area (Å²) in [6, 6.07) is 14.0. The van der Waals surface area contributed by atoms with Crippen LogP contribution in [0.3, 0.4) is 0 Å². The first-order valence-corrected chi connectivity index (χ1v) is 7.07. The summed E-state index contributed by atoms with van der Waals surface area (Å²) in [4.78, 5) is 4.55. The number of pyridine rings is 1. The van der Waals surface area contributed by atoms with Gasteiger partial charge in [0.05, 0.1) is 5.69 Å². The summed E-state index contributed by atoms with van der Waals surface area (Å²) >= 11 is 5.15.